The van der Waals surface area contributed by atoms with Gasteiger partial charge in [0.05, 0.1) is 10.0 Å². The molecule has 2 N–H and O–H groups in total. The van der Waals surface area contributed by atoms with Crippen molar-refractivity contribution in [3.8, 4) is 10.6 Å². The van der Waals surface area contributed by atoms with E-state index in [9.17, 15) is 4.79 Å². The number of halogens is 2. The second-order valence-corrected chi connectivity index (χ2v) is 8.37. The van der Waals surface area contributed by atoms with Crippen LogP contribution in [0.15, 0.2) is 42.5 Å². The normalized spacial score (nSPS) is 10.9. The van der Waals surface area contributed by atoms with Crippen molar-refractivity contribution in [2.24, 2.45) is 0 Å². The number of hydrogen-bond donors (Lipinski definition) is 2. The van der Waals surface area contributed by atoms with E-state index in [0.717, 1.165) is 27.8 Å². The zero-order valence-corrected chi connectivity index (χ0v) is 18.7. The number of hydrogen-bond acceptors (Lipinski definition) is 6. The molecule has 0 atom stereocenters. The van der Waals surface area contributed by atoms with Crippen molar-refractivity contribution in [2.45, 2.75) is 13.3 Å². The molecular weight excluding hydrogens is 463 g/mol. The van der Waals surface area contributed by atoms with Gasteiger partial charge in [0.15, 0.2) is 10.9 Å². The molecule has 0 aliphatic heterocycles. The number of carbonyl (C=O) groups is 1. The zero-order chi connectivity index (χ0) is 21.3. The Morgan fingerprint density at radius 3 is 2.77 bits per heavy atom. The first-order chi connectivity index (χ1) is 14.4. The fourth-order valence-electron chi connectivity index (χ4n) is 2.70. The number of thiocarbonyl (C=S) groups is 1. The molecule has 152 valence electrons. The maximum absolute atomic E-state index is 12.4. The second kappa shape index (κ2) is 8.65. The zero-order valence-electron chi connectivity index (χ0n) is 15.5. The highest BCUT2D eigenvalue weighted by molar-refractivity contribution is 7.80. The number of aromatic nitrogens is 4. The molecule has 4 aromatic rings. The average Bonchev–Trinajstić information content (AvgIpc) is 3.30. The van der Waals surface area contributed by atoms with Gasteiger partial charge in [0.2, 0.25) is 4.96 Å². The highest BCUT2D eigenvalue weighted by Gasteiger charge is 2.13. The lowest BCUT2D eigenvalue weighted by atomic mass is 10.2. The number of benzene rings is 2. The molecule has 0 saturated heterocycles. The van der Waals surface area contributed by atoms with Crippen LogP contribution in [0.4, 0.5) is 5.69 Å². The molecule has 30 heavy (non-hydrogen) atoms. The van der Waals surface area contributed by atoms with Crippen molar-refractivity contribution in [1.82, 2.24) is 25.1 Å². The van der Waals surface area contributed by atoms with Gasteiger partial charge in [0.25, 0.3) is 5.91 Å². The number of nitrogens with zero attached hydrogens (tertiary/aromatic N) is 4. The lowest BCUT2D eigenvalue weighted by molar-refractivity contribution is 0.0977. The summed E-state index contributed by atoms with van der Waals surface area (Å²) in [4.78, 5) is 13.1. The molecule has 0 saturated carbocycles. The third-order valence-electron chi connectivity index (χ3n) is 4.15. The Labute approximate surface area is 191 Å². The Kier molecular flexibility index (Phi) is 5.96. The first kappa shape index (κ1) is 20.7. The van der Waals surface area contributed by atoms with Gasteiger partial charge in [-0.3, -0.25) is 10.1 Å². The van der Waals surface area contributed by atoms with E-state index in [1.165, 1.54) is 17.4 Å². The first-order valence-corrected chi connectivity index (χ1v) is 10.8. The van der Waals surface area contributed by atoms with Gasteiger partial charge in [-0.25, -0.2) is 0 Å². The molecule has 11 heteroatoms. The summed E-state index contributed by atoms with van der Waals surface area (Å²) in [6.45, 7) is 2.01. The molecular formula is C19H14Cl2N6OS2. The third-order valence-corrected chi connectivity index (χ3v) is 6.04. The molecule has 2 heterocycles. The van der Waals surface area contributed by atoms with Gasteiger partial charge in [0, 0.05) is 23.2 Å². The fourth-order valence-corrected chi connectivity index (χ4v) is 4.06. The quantitative estimate of drug-likeness (QED) is 0.409. The van der Waals surface area contributed by atoms with Crippen molar-refractivity contribution in [3.05, 3.63) is 63.9 Å². The summed E-state index contributed by atoms with van der Waals surface area (Å²) >= 11 is 18.6. The standard InChI is InChI=1S/C19H14Cl2N6OS2/c1-2-15-24-25-19-27(15)26-17(30-19)11-4-3-5-12(8-11)22-18(29)23-16(28)10-6-7-13(20)14(21)9-10/h3-9H,2H2,1H3,(H2,22,23,28,29). The van der Waals surface area contributed by atoms with Crippen LogP contribution in [-0.2, 0) is 6.42 Å². The van der Waals surface area contributed by atoms with Crippen molar-refractivity contribution >= 4 is 68.4 Å². The van der Waals surface area contributed by atoms with E-state index in [1.807, 2.05) is 31.2 Å². The lowest BCUT2D eigenvalue weighted by Crippen LogP contribution is -2.34. The molecule has 0 aliphatic carbocycles. The number of amides is 1. The van der Waals surface area contributed by atoms with E-state index in [4.69, 9.17) is 35.4 Å². The average molecular weight is 477 g/mol. The number of carbonyl (C=O) groups excluding carboxylic acids is 1. The minimum atomic E-state index is -0.386. The van der Waals surface area contributed by atoms with Gasteiger partial charge in [-0.1, -0.05) is 53.6 Å². The number of anilines is 1. The van der Waals surface area contributed by atoms with Crippen LogP contribution >= 0.6 is 46.8 Å². The minimum absolute atomic E-state index is 0.162. The first-order valence-electron chi connectivity index (χ1n) is 8.83. The molecule has 0 unspecified atom stereocenters. The van der Waals surface area contributed by atoms with Gasteiger partial charge < -0.3 is 5.32 Å². The molecule has 1 amide bonds. The van der Waals surface area contributed by atoms with Gasteiger partial charge in [0.1, 0.15) is 5.01 Å². The lowest BCUT2D eigenvalue weighted by Gasteiger charge is -2.10. The Hall–Kier alpha value is -2.59. The van der Waals surface area contributed by atoms with Crippen molar-refractivity contribution in [2.75, 3.05) is 5.32 Å². The Morgan fingerprint density at radius 1 is 1.17 bits per heavy atom. The summed E-state index contributed by atoms with van der Waals surface area (Å²) in [5.74, 6) is 0.427. The topological polar surface area (TPSA) is 84.2 Å². The Morgan fingerprint density at radius 2 is 2.00 bits per heavy atom. The van der Waals surface area contributed by atoms with E-state index in [0.29, 0.717) is 21.3 Å². The molecule has 0 radical (unpaired) electrons. The van der Waals surface area contributed by atoms with E-state index in [-0.39, 0.29) is 11.0 Å². The number of aryl methyl sites for hydroxylation is 1. The van der Waals surface area contributed by atoms with Crippen LogP contribution in [0.2, 0.25) is 10.0 Å². The summed E-state index contributed by atoms with van der Waals surface area (Å²) in [7, 11) is 0. The van der Waals surface area contributed by atoms with Gasteiger partial charge in [-0.2, -0.15) is 9.61 Å². The van der Waals surface area contributed by atoms with Gasteiger partial charge in [-0.15, -0.1) is 10.2 Å². The van der Waals surface area contributed by atoms with Gasteiger partial charge in [-0.05, 0) is 42.5 Å². The summed E-state index contributed by atoms with van der Waals surface area (Å²) in [6, 6.07) is 12.2. The minimum Gasteiger partial charge on any atom is -0.332 e. The Balaban J connectivity index is 1.48. The van der Waals surface area contributed by atoms with Crippen LogP contribution in [-0.4, -0.2) is 30.8 Å². The maximum atomic E-state index is 12.4. The van der Waals surface area contributed by atoms with Crippen LogP contribution in [0.1, 0.15) is 23.1 Å². The maximum Gasteiger partial charge on any atom is 0.257 e. The molecule has 0 fully saturated rings. The number of nitrogens with one attached hydrogen (secondary N) is 2. The highest BCUT2D eigenvalue weighted by Crippen LogP contribution is 2.27. The monoisotopic (exact) mass is 476 g/mol. The van der Waals surface area contributed by atoms with Crippen LogP contribution in [0.25, 0.3) is 15.5 Å². The number of fused-ring (bicyclic) bond motifs is 1. The predicted octanol–water partition coefficient (Wildman–Crippen LogP) is 4.85. The molecule has 0 aliphatic rings. The summed E-state index contributed by atoms with van der Waals surface area (Å²) in [5.41, 5.74) is 1.97. The summed E-state index contributed by atoms with van der Waals surface area (Å²) in [6.07, 6.45) is 0.749. The van der Waals surface area contributed by atoms with E-state index in [2.05, 4.69) is 25.9 Å². The molecule has 2 aromatic heterocycles. The SMILES string of the molecule is CCc1nnc2sc(-c3cccc(NC(=S)NC(=O)c4ccc(Cl)c(Cl)c4)c3)nn12. The predicted molar refractivity (Wildman–Crippen MR) is 124 cm³/mol. The molecule has 0 bridgehead atoms. The smallest absolute Gasteiger partial charge is 0.257 e. The van der Waals surface area contributed by atoms with Crippen LogP contribution in [0.5, 0.6) is 0 Å². The van der Waals surface area contributed by atoms with Crippen molar-refractivity contribution < 1.29 is 4.79 Å². The van der Waals surface area contributed by atoms with Crippen molar-refractivity contribution in [1.29, 1.82) is 0 Å². The van der Waals surface area contributed by atoms with E-state index < -0.39 is 0 Å². The van der Waals surface area contributed by atoms with E-state index >= 15 is 0 Å². The van der Waals surface area contributed by atoms with Crippen LogP contribution in [0, 0.1) is 0 Å². The number of rotatable bonds is 4. The third kappa shape index (κ3) is 4.29. The van der Waals surface area contributed by atoms with Crippen LogP contribution in [0.3, 0.4) is 0 Å². The van der Waals surface area contributed by atoms with Crippen molar-refractivity contribution in [3.63, 3.8) is 0 Å². The second-order valence-electron chi connectivity index (χ2n) is 6.19. The van der Waals surface area contributed by atoms with Crippen LogP contribution < -0.4 is 10.6 Å². The summed E-state index contributed by atoms with van der Waals surface area (Å²) < 4.78 is 1.75. The largest absolute Gasteiger partial charge is 0.332 e. The Bertz CT molecular complexity index is 1270. The van der Waals surface area contributed by atoms with E-state index in [1.54, 1.807) is 16.6 Å². The molecule has 2 aromatic carbocycles. The summed E-state index contributed by atoms with van der Waals surface area (Å²) in [5, 5.41) is 20.1. The van der Waals surface area contributed by atoms with Gasteiger partial charge >= 0.3 is 0 Å². The molecule has 0 spiro atoms. The molecule has 4 rings (SSSR count). The highest BCUT2D eigenvalue weighted by atomic mass is 35.5. The fraction of sp³-hybridized carbons (Fsp3) is 0.105. The molecule has 7 nitrogen and oxygen atoms in total.